The summed E-state index contributed by atoms with van der Waals surface area (Å²) in [5.74, 6) is 0.934. The van der Waals surface area contributed by atoms with E-state index in [0.717, 1.165) is 28.5 Å². The Kier molecular flexibility index (Phi) is 4.50. The van der Waals surface area contributed by atoms with Gasteiger partial charge in [0.05, 0.1) is 11.4 Å². The van der Waals surface area contributed by atoms with Crippen LogP contribution >= 0.6 is 0 Å². The smallest absolute Gasteiger partial charge is 0.127 e. The zero-order chi connectivity index (χ0) is 17.7. The second-order valence-electron chi connectivity index (χ2n) is 6.61. The van der Waals surface area contributed by atoms with Crippen LogP contribution < -0.4 is 14.8 Å². The SMILES string of the molecule is CN(C)c1ccccc1N1[CH-]N2C(=N1)c1ccccc1-c1ccc[c-]c12.[Ir]. The number of nitrogens with zero attached hydrogens (tertiary/aromatic N) is 4. The van der Waals surface area contributed by atoms with Gasteiger partial charge in [-0.2, -0.15) is 29.4 Å². The summed E-state index contributed by atoms with van der Waals surface area (Å²) in [6.45, 7) is 2.04. The molecule has 5 heteroatoms. The normalized spacial score (nSPS) is 13.9. The summed E-state index contributed by atoms with van der Waals surface area (Å²) >= 11 is 0. The summed E-state index contributed by atoms with van der Waals surface area (Å²) in [5, 5.41) is 6.89. The molecule has 0 fully saturated rings. The van der Waals surface area contributed by atoms with E-state index >= 15 is 0 Å². The van der Waals surface area contributed by atoms with E-state index in [0.29, 0.717) is 0 Å². The Morgan fingerprint density at radius 1 is 0.889 bits per heavy atom. The van der Waals surface area contributed by atoms with E-state index in [1.54, 1.807) is 0 Å². The number of para-hydroxylation sites is 3. The van der Waals surface area contributed by atoms with Crippen molar-refractivity contribution in [3.8, 4) is 11.1 Å². The molecule has 3 aromatic rings. The van der Waals surface area contributed by atoms with Crippen LogP contribution in [0.3, 0.4) is 0 Å². The number of benzene rings is 3. The van der Waals surface area contributed by atoms with Crippen molar-refractivity contribution in [3.63, 3.8) is 0 Å². The topological polar surface area (TPSA) is 22.1 Å². The Bertz CT molecular complexity index is 1030. The number of rotatable bonds is 2. The van der Waals surface area contributed by atoms with Crippen LogP contribution in [0.1, 0.15) is 5.56 Å². The summed E-state index contributed by atoms with van der Waals surface area (Å²) < 4.78 is 0. The summed E-state index contributed by atoms with van der Waals surface area (Å²) in [7, 11) is 4.10. The van der Waals surface area contributed by atoms with Crippen molar-refractivity contribution in [1.29, 1.82) is 0 Å². The minimum atomic E-state index is 0. The third-order valence-electron chi connectivity index (χ3n) is 4.80. The van der Waals surface area contributed by atoms with Gasteiger partial charge in [0, 0.05) is 39.8 Å². The molecule has 27 heavy (non-hydrogen) atoms. The van der Waals surface area contributed by atoms with Crippen molar-refractivity contribution >= 4 is 22.9 Å². The molecule has 2 aliphatic heterocycles. The average molecular weight is 531 g/mol. The summed E-state index contributed by atoms with van der Waals surface area (Å²) in [5.41, 5.74) is 6.73. The zero-order valence-electron chi connectivity index (χ0n) is 15.1. The van der Waals surface area contributed by atoms with Crippen LogP contribution in [-0.4, -0.2) is 19.9 Å². The molecule has 0 bridgehead atoms. The van der Waals surface area contributed by atoms with Crippen molar-refractivity contribution in [2.75, 3.05) is 28.9 Å². The second kappa shape index (κ2) is 6.84. The van der Waals surface area contributed by atoms with Crippen LogP contribution in [-0.2, 0) is 20.1 Å². The predicted octanol–water partition coefficient (Wildman–Crippen LogP) is 4.34. The molecule has 2 aliphatic rings. The molecule has 0 saturated carbocycles. The number of hydrazone groups is 1. The maximum absolute atomic E-state index is 4.94. The van der Waals surface area contributed by atoms with Crippen molar-refractivity contribution in [1.82, 2.24) is 0 Å². The standard InChI is InChI=1S/C22H18N4.Ir/c1-24(2)20-13-7-8-14-21(20)26-15-25-19-12-6-5-10-17(19)16-9-3-4-11-18(16)22(25)23-26;/h3-11,13-15H,1-2H3;/q-2;. The Balaban J connectivity index is 0.00000180. The largest absolute Gasteiger partial charge is 0.476 e. The molecule has 0 saturated heterocycles. The molecular weight excluding hydrogens is 512 g/mol. The maximum Gasteiger partial charge on any atom is 0.127 e. The van der Waals surface area contributed by atoms with Crippen LogP contribution in [0.2, 0.25) is 0 Å². The van der Waals surface area contributed by atoms with Crippen LogP contribution in [0.25, 0.3) is 11.1 Å². The third-order valence-corrected chi connectivity index (χ3v) is 4.80. The Hall–Kier alpha value is -2.62. The quantitative estimate of drug-likeness (QED) is 0.461. The molecule has 0 spiro atoms. The molecule has 3 aromatic carbocycles. The molecule has 1 radical (unpaired) electrons. The van der Waals surface area contributed by atoms with Crippen molar-refractivity contribution < 1.29 is 20.1 Å². The van der Waals surface area contributed by atoms with Gasteiger partial charge in [0.1, 0.15) is 5.84 Å². The van der Waals surface area contributed by atoms with Gasteiger partial charge in [-0.3, -0.25) is 0 Å². The minimum Gasteiger partial charge on any atom is -0.476 e. The third kappa shape index (κ3) is 2.75. The first-order valence-corrected chi connectivity index (χ1v) is 8.63. The van der Waals surface area contributed by atoms with E-state index in [1.165, 1.54) is 11.1 Å². The molecule has 5 rings (SSSR count). The first-order valence-electron chi connectivity index (χ1n) is 8.63. The molecule has 137 valence electrons. The number of anilines is 3. The fourth-order valence-electron chi connectivity index (χ4n) is 3.60. The number of fused-ring (bicyclic) bond motifs is 6. The Morgan fingerprint density at radius 2 is 1.59 bits per heavy atom. The van der Waals surface area contributed by atoms with Gasteiger partial charge in [-0.05, 0) is 12.1 Å². The molecule has 0 amide bonds. The van der Waals surface area contributed by atoms with Crippen molar-refractivity contribution in [2.45, 2.75) is 0 Å². The van der Waals surface area contributed by atoms with Gasteiger partial charge in [-0.15, -0.1) is 12.2 Å². The van der Waals surface area contributed by atoms with Gasteiger partial charge in [-0.25, -0.2) is 0 Å². The minimum absolute atomic E-state index is 0. The summed E-state index contributed by atoms with van der Waals surface area (Å²) in [6, 6.07) is 26.2. The van der Waals surface area contributed by atoms with Gasteiger partial charge in [0.2, 0.25) is 0 Å². The maximum atomic E-state index is 4.94. The molecular formula is C22H18IrN4-2. The van der Waals surface area contributed by atoms with Crippen LogP contribution in [0.15, 0.2) is 71.8 Å². The first-order chi connectivity index (χ1) is 12.7. The van der Waals surface area contributed by atoms with E-state index in [-0.39, 0.29) is 20.1 Å². The molecule has 2 heterocycles. The Labute approximate surface area is 173 Å². The van der Waals surface area contributed by atoms with Gasteiger partial charge in [0.25, 0.3) is 0 Å². The molecule has 0 atom stereocenters. The fourth-order valence-corrected chi connectivity index (χ4v) is 3.60. The van der Waals surface area contributed by atoms with Gasteiger partial charge in [0.15, 0.2) is 0 Å². The molecule has 0 aromatic heterocycles. The van der Waals surface area contributed by atoms with E-state index in [2.05, 4.69) is 58.3 Å². The van der Waals surface area contributed by atoms with Crippen LogP contribution in [0, 0.1) is 12.7 Å². The number of amidine groups is 1. The number of hydrogen-bond donors (Lipinski definition) is 0. The zero-order valence-corrected chi connectivity index (χ0v) is 17.4. The second-order valence-corrected chi connectivity index (χ2v) is 6.61. The van der Waals surface area contributed by atoms with Gasteiger partial charge < -0.3 is 14.8 Å². The summed E-state index contributed by atoms with van der Waals surface area (Å²) in [6.07, 6.45) is 0. The molecule has 0 unspecified atom stereocenters. The molecule has 4 nitrogen and oxygen atoms in total. The fraction of sp³-hybridized carbons (Fsp3) is 0.0909. The molecule has 0 N–H and O–H groups in total. The van der Waals surface area contributed by atoms with Crippen molar-refractivity contribution in [3.05, 3.63) is 85.0 Å². The molecule has 0 aliphatic carbocycles. The first kappa shape index (κ1) is 17.8. The van der Waals surface area contributed by atoms with Crippen LogP contribution in [0.4, 0.5) is 17.1 Å². The van der Waals surface area contributed by atoms with E-state index in [9.17, 15) is 0 Å². The van der Waals surface area contributed by atoms with Gasteiger partial charge in [-0.1, -0.05) is 47.6 Å². The van der Waals surface area contributed by atoms with Crippen LogP contribution in [0.5, 0.6) is 0 Å². The van der Waals surface area contributed by atoms with E-state index in [4.69, 9.17) is 5.10 Å². The predicted molar refractivity (Wildman–Crippen MR) is 107 cm³/mol. The average Bonchev–Trinajstić information content (AvgIpc) is 3.14. The van der Waals surface area contributed by atoms with Crippen molar-refractivity contribution in [2.24, 2.45) is 5.10 Å². The number of hydrogen-bond acceptors (Lipinski definition) is 4. The Morgan fingerprint density at radius 3 is 2.41 bits per heavy atom. The van der Waals surface area contributed by atoms with E-state index < -0.39 is 0 Å². The van der Waals surface area contributed by atoms with Gasteiger partial charge >= 0.3 is 0 Å². The summed E-state index contributed by atoms with van der Waals surface area (Å²) in [4.78, 5) is 4.23. The monoisotopic (exact) mass is 531 g/mol. The van der Waals surface area contributed by atoms with E-state index in [1.807, 2.05) is 50.0 Å².